The Bertz CT molecular complexity index is 576. The molecule has 0 atom stereocenters. The Morgan fingerprint density at radius 1 is 1.28 bits per heavy atom. The van der Waals surface area contributed by atoms with Crippen LogP contribution in [0.25, 0.3) is 10.9 Å². The van der Waals surface area contributed by atoms with Gasteiger partial charge in [-0.2, -0.15) is 0 Å². The van der Waals surface area contributed by atoms with Gasteiger partial charge in [0.25, 0.3) is 0 Å². The van der Waals surface area contributed by atoms with Gasteiger partial charge in [0, 0.05) is 23.3 Å². The number of benzene rings is 1. The number of hydrogen-bond donors (Lipinski definition) is 2. The van der Waals surface area contributed by atoms with Crippen LogP contribution in [0.15, 0.2) is 30.3 Å². The van der Waals surface area contributed by atoms with Crippen LogP contribution in [0.2, 0.25) is 0 Å². The van der Waals surface area contributed by atoms with E-state index in [0.29, 0.717) is 6.54 Å². The summed E-state index contributed by atoms with van der Waals surface area (Å²) in [5.74, 6) is 0. The molecule has 2 N–H and O–H groups in total. The Morgan fingerprint density at radius 2 is 2.11 bits per heavy atom. The van der Waals surface area contributed by atoms with Gasteiger partial charge in [-0.25, -0.2) is 0 Å². The molecule has 1 aliphatic rings. The maximum atomic E-state index is 10.1. The fourth-order valence-corrected chi connectivity index (χ4v) is 2.43. The van der Waals surface area contributed by atoms with Crippen molar-refractivity contribution in [3.8, 4) is 0 Å². The van der Waals surface area contributed by atoms with Crippen LogP contribution in [0.3, 0.4) is 0 Å². The van der Waals surface area contributed by atoms with Crippen LogP contribution in [0.1, 0.15) is 25.0 Å². The first kappa shape index (κ1) is 11.5. The summed E-state index contributed by atoms with van der Waals surface area (Å²) >= 11 is 0. The lowest BCUT2D eigenvalue weighted by molar-refractivity contribution is -0.0201. The first-order valence-corrected chi connectivity index (χ1v) is 6.49. The lowest BCUT2D eigenvalue weighted by Crippen LogP contribution is -2.43. The molecule has 0 bridgehead atoms. The normalized spacial score (nSPS) is 17.4. The Labute approximate surface area is 107 Å². The molecule has 2 aromatic rings. The number of nitrogens with zero attached hydrogens (tertiary/aromatic N) is 1. The van der Waals surface area contributed by atoms with E-state index >= 15 is 0 Å². The molecule has 0 aliphatic heterocycles. The zero-order chi connectivity index (χ0) is 12.6. The maximum absolute atomic E-state index is 10.1. The maximum Gasteiger partial charge on any atom is 0.0819 e. The highest BCUT2D eigenvalue weighted by Crippen LogP contribution is 2.32. The molecule has 0 radical (unpaired) electrons. The van der Waals surface area contributed by atoms with E-state index in [4.69, 9.17) is 0 Å². The Hall–Kier alpha value is -1.61. The van der Waals surface area contributed by atoms with E-state index in [0.717, 1.165) is 41.5 Å². The number of aliphatic hydroxyl groups is 1. The predicted molar refractivity (Wildman–Crippen MR) is 73.8 cm³/mol. The zero-order valence-electron chi connectivity index (χ0n) is 10.6. The lowest BCUT2D eigenvalue weighted by Gasteiger charge is -2.37. The van der Waals surface area contributed by atoms with Crippen molar-refractivity contribution in [3.05, 3.63) is 36.0 Å². The second-order valence-electron chi connectivity index (χ2n) is 5.26. The molecule has 1 aliphatic carbocycles. The molecule has 1 aromatic carbocycles. The summed E-state index contributed by atoms with van der Waals surface area (Å²) in [6.45, 7) is 2.62. The molecule has 3 heteroatoms. The molecule has 1 saturated carbocycles. The largest absolute Gasteiger partial charge is 0.388 e. The Balaban J connectivity index is 1.87. The molecule has 1 fully saturated rings. The van der Waals surface area contributed by atoms with Crippen molar-refractivity contribution in [1.82, 2.24) is 4.98 Å². The van der Waals surface area contributed by atoms with Gasteiger partial charge in [-0.15, -0.1) is 0 Å². The standard InChI is InChI=1S/C15H18N2O/c1-11-6-7-12-13(4-2-5-14(12)17-11)16-10-15(18)8-3-9-15/h2,4-7,16,18H,3,8-10H2,1H3. The predicted octanol–water partition coefficient (Wildman–Crippen LogP) is 2.87. The highest BCUT2D eigenvalue weighted by atomic mass is 16.3. The van der Waals surface area contributed by atoms with Crippen molar-refractivity contribution in [2.45, 2.75) is 31.8 Å². The number of anilines is 1. The van der Waals surface area contributed by atoms with Crippen molar-refractivity contribution >= 4 is 16.6 Å². The van der Waals surface area contributed by atoms with Crippen molar-refractivity contribution < 1.29 is 5.11 Å². The number of nitrogens with one attached hydrogen (secondary N) is 1. The number of pyridine rings is 1. The molecule has 0 saturated heterocycles. The topological polar surface area (TPSA) is 45.1 Å². The Kier molecular flexibility index (Phi) is 2.71. The first-order chi connectivity index (χ1) is 8.66. The molecule has 3 nitrogen and oxygen atoms in total. The van der Waals surface area contributed by atoms with Gasteiger partial charge in [0.2, 0.25) is 0 Å². The molecule has 18 heavy (non-hydrogen) atoms. The summed E-state index contributed by atoms with van der Waals surface area (Å²) in [4.78, 5) is 4.51. The SMILES string of the molecule is Cc1ccc2c(NCC3(O)CCC3)cccc2n1. The number of fused-ring (bicyclic) bond motifs is 1. The van der Waals surface area contributed by atoms with E-state index in [2.05, 4.69) is 16.4 Å². The Morgan fingerprint density at radius 3 is 2.83 bits per heavy atom. The van der Waals surface area contributed by atoms with Gasteiger partial charge >= 0.3 is 0 Å². The van der Waals surface area contributed by atoms with E-state index in [1.807, 2.05) is 31.2 Å². The number of aromatic nitrogens is 1. The second kappa shape index (κ2) is 4.25. The van der Waals surface area contributed by atoms with Crippen LogP contribution in [0.5, 0.6) is 0 Å². The lowest BCUT2D eigenvalue weighted by atomic mass is 9.80. The minimum Gasteiger partial charge on any atom is -0.388 e. The number of hydrogen-bond acceptors (Lipinski definition) is 3. The minimum atomic E-state index is -0.500. The van der Waals surface area contributed by atoms with Gasteiger partial charge in [0.1, 0.15) is 0 Å². The van der Waals surface area contributed by atoms with Gasteiger partial charge < -0.3 is 10.4 Å². The third-order valence-corrected chi connectivity index (χ3v) is 3.76. The van der Waals surface area contributed by atoms with Gasteiger partial charge in [0.05, 0.1) is 11.1 Å². The molecule has 0 amide bonds. The molecule has 0 spiro atoms. The van der Waals surface area contributed by atoms with Crippen molar-refractivity contribution in [3.63, 3.8) is 0 Å². The molecule has 1 heterocycles. The summed E-state index contributed by atoms with van der Waals surface area (Å²) in [5, 5.41) is 14.6. The third kappa shape index (κ3) is 2.06. The quantitative estimate of drug-likeness (QED) is 0.870. The molecule has 1 aromatic heterocycles. The monoisotopic (exact) mass is 242 g/mol. The third-order valence-electron chi connectivity index (χ3n) is 3.76. The van der Waals surface area contributed by atoms with Crippen molar-refractivity contribution in [1.29, 1.82) is 0 Å². The molecular weight excluding hydrogens is 224 g/mol. The fraction of sp³-hybridized carbons (Fsp3) is 0.400. The van der Waals surface area contributed by atoms with Gasteiger partial charge in [-0.1, -0.05) is 6.07 Å². The van der Waals surface area contributed by atoms with Crippen LogP contribution in [0, 0.1) is 6.92 Å². The van der Waals surface area contributed by atoms with Crippen LogP contribution in [-0.4, -0.2) is 22.2 Å². The van der Waals surface area contributed by atoms with E-state index < -0.39 is 5.60 Å². The van der Waals surface area contributed by atoms with Gasteiger partial charge in [-0.3, -0.25) is 4.98 Å². The molecular formula is C15H18N2O. The summed E-state index contributed by atoms with van der Waals surface area (Å²) < 4.78 is 0. The number of rotatable bonds is 3. The number of aryl methyl sites for hydroxylation is 1. The zero-order valence-corrected chi connectivity index (χ0v) is 10.6. The van der Waals surface area contributed by atoms with Crippen LogP contribution in [0.4, 0.5) is 5.69 Å². The highest BCUT2D eigenvalue weighted by Gasteiger charge is 2.33. The minimum absolute atomic E-state index is 0.500. The van der Waals surface area contributed by atoms with Crippen LogP contribution < -0.4 is 5.32 Å². The summed E-state index contributed by atoms with van der Waals surface area (Å²) in [7, 11) is 0. The average molecular weight is 242 g/mol. The van der Waals surface area contributed by atoms with E-state index in [1.54, 1.807) is 0 Å². The van der Waals surface area contributed by atoms with Gasteiger partial charge in [-0.05, 0) is 50.5 Å². The van der Waals surface area contributed by atoms with Gasteiger partial charge in [0.15, 0.2) is 0 Å². The second-order valence-corrected chi connectivity index (χ2v) is 5.26. The molecule has 94 valence electrons. The van der Waals surface area contributed by atoms with E-state index in [1.165, 1.54) is 0 Å². The van der Waals surface area contributed by atoms with Crippen LogP contribution >= 0.6 is 0 Å². The van der Waals surface area contributed by atoms with Crippen LogP contribution in [-0.2, 0) is 0 Å². The summed E-state index contributed by atoms with van der Waals surface area (Å²) in [5.41, 5.74) is 2.58. The van der Waals surface area contributed by atoms with Crippen molar-refractivity contribution in [2.75, 3.05) is 11.9 Å². The average Bonchev–Trinajstić information content (AvgIpc) is 2.33. The fourth-order valence-electron chi connectivity index (χ4n) is 2.43. The summed E-state index contributed by atoms with van der Waals surface area (Å²) in [6, 6.07) is 10.2. The van der Waals surface area contributed by atoms with E-state index in [9.17, 15) is 5.11 Å². The smallest absolute Gasteiger partial charge is 0.0819 e. The summed E-state index contributed by atoms with van der Waals surface area (Å²) in [6.07, 6.45) is 2.94. The first-order valence-electron chi connectivity index (χ1n) is 6.49. The van der Waals surface area contributed by atoms with E-state index in [-0.39, 0.29) is 0 Å². The molecule has 0 unspecified atom stereocenters. The highest BCUT2D eigenvalue weighted by molar-refractivity contribution is 5.91. The molecule has 3 rings (SSSR count). The van der Waals surface area contributed by atoms with Crippen molar-refractivity contribution in [2.24, 2.45) is 0 Å².